The van der Waals surface area contributed by atoms with Crippen LogP contribution in [-0.2, 0) is 28.3 Å². The molecule has 0 aliphatic rings. The van der Waals surface area contributed by atoms with Crippen molar-refractivity contribution in [2.45, 2.75) is 45.0 Å². The van der Waals surface area contributed by atoms with E-state index in [2.05, 4.69) is 36.5 Å². The summed E-state index contributed by atoms with van der Waals surface area (Å²) in [5.41, 5.74) is 4.34. The Bertz CT molecular complexity index is 1100. The van der Waals surface area contributed by atoms with Crippen molar-refractivity contribution in [2.75, 3.05) is 19.4 Å². The maximum Gasteiger partial charge on any atom is 0.243 e. The summed E-state index contributed by atoms with van der Waals surface area (Å²) in [6.45, 7) is 4.99. The van der Waals surface area contributed by atoms with Gasteiger partial charge in [0.05, 0.1) is 12.9 Å². The first-order valence-corrected chi connectivity index (χ1v) is 13.5. The van der Waals surface area contributed by atoms with Gasteiger partial charge in [-0.15, -0.1) is 11.8 Å². The van der Waals surface area contributed by atoms with Crippen LogP contribution in [0, 0.1) is 6.92 Å². The Labute approximate surface area is 219 Å². The quantitative estimate of drug-likeness (QED) is 0.338. The van der Waals surface area contributed by atoms with Gasteiger partial charge in [-0.3, -0.25) is 9.59 Å². The largest absolute Gasteiger partial charge is 0.497 e. The van der Waals surface area contributed by atoms with Crippen molar-refractivity contribution in [3.8, 4) is 5.75 Å². The van der Waals surface area contributed by atoms with E-state index < -0.39 is 6.04 Å². The van der Waals surface area contributed by atoms with Crippen LogP contribution < -0.4 is 10.1 Å². The lowest BCUT2D eigenvalue weighted by atomic mass is 10.0. The SMILES string of the molecule is CCCNC(=O)[C@H](Cc1ccccc1)N(Cc1cccc(OC)c1)C(=O)CSCc1ccc(C)cc1. The molecule has 3 aromatic rings. The molecular weight excluding hydrogens is 468 g/mol. The smallest absolute Gasteiger partial charge is 0.243 e. The molecule has 0 aliphatic heterocycles. The van der Waals surface area contributed by atoms with Crippen LogP contribution in [0.15, 0.2) is 78.9 Å². The van der Waals surface area contributed by atoms with Gasteiger partial charge in [-0.2, -0.15) is 0 Å². The lowest BCUT2D eigenvalue weighted by Gasteiger charge is -2.31. The fourth-order valence-corrected chi connectivity index (χ4v) is 4.78. The molecule has 0 radical (unpaired) electrons. The number of thioether (sulfide) groups is 1. The molecule has 0 saturated carbocycles. The van der Waals surface area contributed by atoms with Crippen molar-refractivity contribution < 1.29 is 14.3 Å². The van der Waals surface area contributed by atoms with Gasteiger partial charge in [-0.1, -0.05) is 79.2 Å². The van der Waals surface area contributed by atoms with Gasteiger partial charge in [0.1, 0.15) is 11.8 Å². The number of nitrogens with zero attached hydrogens (tertiary/aromatic N) is 1. The van der Waals surface area contributed by atoms with Crippen molar-refractivity contribution >= 4 is 23.6 Å². The number of carbonyl (C=O) groups is 2. The molecule has 0 heterocycles. The third-order valence-electron chi connectivity index (χ3n) is 5.92. The van der Waals surface area contributed by atoms with Crippen LogP contribution in [0.1, 0.15) is 35.6 Å². The summed E-state index contributed by atoms with van der Waals surface area (Å²) < 4.78 is 5.39. The topological polar surface area (TPSA) is 58.6 Å². The third-order valence-corrected chi connectivity index (χ3v) is 6.91. The van der Waals surface area contributed by atoms with Gasteiger partial charge >= 0.3 is 0 Å². The molecule has 0 aromatic heterocycles. The number of hydrogen-bond acceptors (Lipinski definition) is 4. The summed E-state index contributed by atoms with van der Waals surface area (Å²) in [6.07, 6.45) is 1.29. The molecule has 0 bridgehead atoms. The lowest BCUT2D eigenvalue weighted by Crippen LogP contribution is -2.51. The molecule has 0 spiro atoms. The van der Waals surface area contributed by atoms with E-state index >= 15 is 0 Å². The van der Waals surface area contributed by atoms with Gasteiger partial charge in [0, 0.05) is 25.3 Å². The summed E-state index contributed by atoms with van der Waals surface area (Å²) in [6, 6.07) is 25.3. The van der Waals surface area contributed by atoms with E-state index in [1.54, 1.807) is 23.8 Å². The standard InChI is InChI=1S/C30H36N2O3S/c1-4-17-31-30(34)28(19-24-9-6-5-7-10-24)32(20-26-11-8-12-27(18-26)35-3)29(33)22-36-21-25-15-13-23(2)14-16-25/h5-16,18,28H,4,17,19-22H2,1-3H3,(H,31,34)/t28-/m0/s1. The Morgan fingerprint density at radius 2 is 1.67 bits per heavy atom. The molecule has 0 aliphatic carbocycles. The second-order valence-electron chi connectivity index (χ2n) is 8.85. The fourth-order valence-electron chi connectivity index (χ4n) is 3.91. The first-order chi connectivity index (χ1) is 17.5. The van der Waals surface area contributed by atoms with Crippen LogP contribution in [-0.4, -0.2) is 42.2 Å². The number of hydrogen-bond donors (Lipinski definition) is 1. The summed E-state index contributed by atoms with van der Waals surface area (Å²) in [5, 5.41) is 3.02. The number of methoxy groups -OCH3 is 1. The van der Waals surface area contributed by atoms with Crippen molar-refractivity contribution in [3.63, 3.8) is 0 Å². The van der Waals surface area contributed by atoms with Gasteiger partial charge < -0.3 is 15.0 Å². The van der Waals surface area contributed by atoms with E-state index in [0.29, 0.717) is 25.3 Å². The second-order valence-corrected chi connectivity index (χ2v) is 9.83. The van der Waals surface area contributed by atoms with E-state index in [1.165, 1.54) is 11.1 Å². The number of rotatable bonds is 13. The van der Waals surface area contributed by atoms with E-state index in [4.69, 9.17) is 4.74 Å². The molecule has 3 aromatic carbocycles. The number of nitrogens with one attached hydrogen (secondary N) is 1. The number of amides is 2. The van der Waals surface area contributed by atoms with E-state index in [1.807, 2.05) is 61.5 Å². The molecular formula is C30H36N2O3S. The Kier molecular flexibility index (Phi) is 10.9. The zero-order valence-electron chi connectivity index (χ0n) is 21.4. The Balaban J connectivity index is 1.84. The number of benzene rings is 3. The minimum absolute atomic E-state index is 0.0532. The van der Waals surface area contributed by atoms with Gasteiger partial charge in [-0.25, -0.2) is 0 Å². The van der Waals surface area contributed by atoms with Crippen molar-refractivity contribution in [1.29, 1.82) is 0 Å². The Morgan fingerprint density at radius 1 is 0.944 bits per heavy atom. The van der Waals surface area contributed by atoms with E-state index in [-0.39, 0.29) is 11.8 Å². The average molecular weight is 505 g/mol. The molecule has 0 saturated heterocycles. The van der Waals surface area contributed by atoms with Crippen LogP contribution in [0.5, 0.6) is 5.75 Å². The second kappa shape index (κ2) is 14.3. The molecule has 1 atom stereocenters. The van der Waals surface area contributed by atoms with Crippen molar-refractivity contribution in [1.82, 2.24) is 10.2 Å². The predicted molar refractivity (Wildman–Crippen MR) is 148 cm³/mol. The predicted octanol–water partition coefficient (Wildman–Crippen LogP) is 5.40. The highest BCUT2D eigenvalue weighted by Gasteiger charge is 2.30. The minimum Gasteiger partial charge on any atom is -0.497 e. The van der Waals surface area contributed by atoms with Crippen LogP contribution in [0.2, 0.25) is 0 Å². The van der Waals surface area contributed by atoms with Crippen LogP contribution >= 0.6 is 11.8 Å². The number of carbonyl (C=O) groups excluding carboxylic acids is 2. The van der Waals surface area contributed by atoms with Crippen molar-refractivity contribution in [2.24, 2.45) is 0 Å². The number of aryl methyl sites for hydroxylation is 1. The van der Waals surface area contributed by atoms with Crippen LogP contribution in [0.4, 0.5) is 0 Å². The molecule has 1 N–H and O–H groups in total. The normalized spacial score (nSPS) is 11.5. The third kappa shape index (κ3) is 8.45. The summed E-state index contributed by atoms with van der Waals surface area (Å²) in [4.78, 5) is 28.7. The molecule has 0 unspecified atom stereocenters. The number of ether oxygens (including phenoxy) is 1. The highest BCUT2D eigenvalue weighted by Crippen LogP contribution is 2.20. The van der Waals surface area contributed by atoms with Gasteiger partial charge in [-0.05, 0) is 42.2 Å². The highest BCUT2D eigenvalue weighted by atomic mass is 32.2. The monoisotopic (exact) mass is 504 g/mol. The zero-order chi connectivity index (χ0) is 25.8. The van der Waals surface area contributed by atoms with Crippen molar-refractivity contribution in [3.05, 3.63) is 101 Å². The molecule has 36 heavy (non-hydrogen) atoms. The fraction of sp³-hybridized carbons (Fsp3) is 0.333. The maximum atomic E-state index is 13.7. The lowest BCUT2D eigenvalue weighted by molar-refractivity contribution is -0.139. The first kappa shape index (κ1) is 27.3. The molecule has 2 amide bonds. The molecule has 6 heteroatoms. The molecule has 190 valence electrons. The van der Waals surface area contributed by atoms with Gasteiger partial charge in [0.15, 0.2) is 0 Å². The summed E-state index contributed by atoms with van der Waals surface area (Å²) in [5.74, 6) is 1.58. The van der Waals surface area contributed by atoms with Gasteiger partial charge in [0.25, 0.3) is 0 Å². The Hall–Kier alpha value is -3.25. The summed E-state index contributed by atoms with van der Waals surface area (Å²) in [7, 11) is 1.63. The van der Waals surface area contributed by atoms with E-state index in [9.17, 15) is 9.59 Å². The van der Waals surface area contributed by atoms with Crippen LogP contribution in [0.25, 0.3) is 0 Å². The average Bonchev–Trinajstić information content (AvgIpc) is 2.91. The zero-order valence-corrected chi connectivity index (χ0v) is 22.2. The Morgan fingerprint density at radius 3 is 2.36 bits per heavy atom. The van der Waals surface area contributed by atoms with Crippen LogP contribution in [0.3, 0.4) is 0 Å². The van der Waals surface area contributed by atoms with Gasteiger partial charge in [0.2, 0.25) is 11.8 Å². The minimum atomic E-state index is -0.613. The first-order valence-electron chi connectivity index (χ1n) is 12.4. The maximum absolute atomic E-state index is 13.7. The molecule has 0 fully saturated rings. The highest BCUT2D eigenvalue weighted by molar-refractivity contribution is 7.99. The molecule has 3 rings (SSSR count). The molecule has 5 nitrogen and oxygen atoms in total. The van der Waals surface area contributed by atoms with E-state index in [0.717, 1.165) is 29.1 Å². The summed E-state index contributed by atoms with van der Waals surface area (Å²) >= 11 is 1.57.